The molecule has 7 heteroatoms. The van der Waals surface area contributed by atoms with E-state index in [0.29, 0.717) is 25.4 Å². The number of fused-ring (bicyclic) bond motifs is 1. The first-order valence-electron chi connectivity index (χ1n) is 11.6. The van der Waals surface area contributed by atoms with Gasteiger partial charge in [-0.05, 0) is 88.5 Å². The lowest BCUT2D eigenvalue weighted by Crippen LogP contribution is -2.04. The molecule has 0 aliphatic carbocycles. The molecule has 0 bridgehead atoms. The average molecular weight is 489 g/mol. The Hall–Kier alpha value is -2.83. The van der Waals surface area contributed by atoms with Crippen LogP contribution in [0.25, 0.3) is 10.9 Å². The van der Waals surface area contributed by atoms with E-state index >= 15 is 0 Å². The average Bonchev–Trinajstić information content (AvgIpc) is 3.20. The second kappa shape index (κ2) is 16.7. The summed E-state index contributed by atoms with van der Waals surface area (Å²) in [5, 5.41) is 4.92. The van der Waals surface area contributed by atoms with Crippen molar-refractivity contribution in [2.75, 3.05) is 26.8 Å². The normalized spacial score (nSPS) is 9.94. The fourth-order valence-corrected chi connectivity index (χ4v) is 3.45. The largest absolute Gasteiger partial charge is 0.494 e. The zero-order valence-corrected chi connectivity index (χ0v) is 21.6. The minimum atomic E-state index is 0.431. The zero-order valence-electron chi connectivity index (χ0n) is 20.9. The second-order valence-electron chi connectivity index (χ2n) is 7.66. The van der Waals surface area contributed by atoms with E-state index in [-0.39, 0.29) is 0 Å². The van der Waals surface area contributed by atoms with Gasteiger partial charge >= 0.3 is 0 Å². The molecular formula is C27H37ClN2O4. The van der Waals surface area contributed by atoms with Gasteiger partial charge in [-0.25, -0.2) is 0 Å². The van der Waals surface area contributed by atoms with Crippen molar-refractivity contribution in [3.8, 4) is 5.75 Å². The van der Waals surface area contributed by atoms with Crippen molar-refractivity contribution in [3.05, 3.63) is 63.8 Å². The maximum Gasteiger partial charge on any atom is 0.293 e. The Morgan fingerprint density at radius 1 is 1.09 bits per heavy atom. The van der Waals surface area contributed by atoms with Crippen LogP contribution in [0, 0.1) is 13.8 Å². The molecule has 186 valence electrons. The van der Waals surface area contributed by atoms with Gasteiger partial charge in [0.05, 0.1) is 18.9 Å². The number of carbonyl (C=O) groups is 2. The number of rotatable bonds is 10. The molecule has 2 aromatic carbocycles. The van der Waals surface area contributed by atoms with E-state index in [2.05, 4.69) is 22.0 Å². The van der Waals surface area contributed by atoms with Crippen molar-refractivity contribution >= 4 is 35.3 Å². The fraction of sp³-hybridized carbons (Fsp3) is 0.407. The summed E-state index contributed by atoms with van der Waals surface area (Å²) in [4.78, 5) is 23.6. The van der Waals surface area contributed by atoms with Gasteiger partial charge in [-0.2, -0.15) is 0 Å². The number of carbonyl (C=O) groups excluding carboxylic acids is 2. The smallest absolute Gasteiger partial charge is 0.293 e. The molecule has 1 heterocycles. The molecule has 0 saturated carbocycles. The molecule has 6 nitrogen and oxygen atoms in total. The number of halogens is 1. The predicted molar refractivity (Wildman–Crippen MR) is 140 cm³/mol. The number of aryl methyl sites for hydroxylation is 3. The quantitative estimate of drug-likeness (QED) is 0.268. The van der Waals surface area contributed by atoms with Crippen molar-refractivity contribution in [3.63, 3.8) is 0 Å². The Morgan fingerprint density at radius 3 is 2.26 bits per heavy atom. The predicted octanol–water partition coefficient (Wildman–Crippen LogP) is 6.06. The van der Waals surface area contributed by atoms with Crippen LogP contribution in [0.15, 0.2) is 36.4 Å². The number of hydrogen-bond donors (Lipinski definition) is 2. The number of nitrogens with one attached hydrogen (secondary N) is 2. The van der Waals surface area contributed by atoms with Crippen molar-refractivity contribution in [2.24, 2.45) is 0 Å². The molecule has 2 N–H and O–H groups in total. The highest BCUT2D eigenvalue weighted by atomic mass is 35.5. The van der Waals surface area contributed by atoms with Gasteiger partial charge in [-0.1, -0.05) is 36.7 Å². The lowest BCUT2D eigenvalue weighted by Gasteiger charge is -2.10. The van der Waals surface area contributed by atoms with Crippen LogP contribution >= 0.6 is 11.6 Å². The molecule has 0 atom stereocenters. The summed E-state index contributed by atoms with van der Waals surface area (Å²) in [6, 6.07) is 11.9. The van der Waals surface area contributed by atoms with Crippen molar-refractivity contribution in [1.82, 2.24) is 10.3 Å². The Labute approximate surface area is 208 Å². The van der Waals surface area contributed by atoms with Crippen molar-refractivity contribution < 1.29 is 19.1 Å². The summed E-state index contributed by atoms with van der Waals surface area (Å²) in [6.45, 7) is 10.5. The Kier molecular flexibility index (Phi) is 14.4. The number of benzene rings is 2. The molecule has 34 heavy (non-hydrogen) atoms. The standard InChI is InChI=1S/C20H20ClNO2.C4H11N.C3H6O2/c1-13-10-15(11-14(2)20(13)21)24-9-5-7-17-16-6-3-4-8-18(16)22-19(17)12-23;1-3-4-5-2;1-2-5-3-4/h3-4,6,8,10-12,22H,5,7,9H2,1-2H3;5H,3-4H2,1-2H3;3H,2H2,1H3. The molecule has 0 radical (unpaired) electrons. The highest BCUT2D eigenvalue weighted by molar-refractivity contribution is 6.32. The van der Waals surface area contributed by atoms with Gasteiger partial charge < -0.3 is 19.8 Å². The van der Waals surface area contributed by atoms with Gasteiger partial charge in [0.15, 0.2) is 6.29 Å². The van der Waals surface area contributed by atoms with E-state index in [1.807, 2.05) is 57.3 Å². The summed E-state index contributed by atoms with van der Waals surface area (Å²) in [5.74, 6) is 0.837. The molecule has 0 unspecified atom stereocenters. The molecule has 0 amide bonds. The molecule has 0 aliphatic heterocycles. The van der Waals surface area contributed by atoms with Crippen molar-refractivity contribution in [2.45, 2.75) is 47.0 Å². The number of para-hydroxylation sites is 1. The lowest BCUT2D eigenvalue weighted by molar-refractivity contribution is -0.128. The summed E-state index contributed by atoms with van der Waals surface area (Å²) < 4.78 is 10.0. The van der Waals surface area contributed by atoms with Gasteiger partial charge in [-0.15, -0.1) is 0 Å². The molecule has 3 rings (SSSR count). The fourth-order valence-electron chi connectivity index (χ4n) is 3.34. The van der Waals surface area contributed by atoms with Crippen molar-refractivity contribution in [1.29, 1.82) is 0 Å². The van der Waals surface area contributed by atoms with E-state index in [0.717, 1.165) is 64.0 Å². The number of ether oxygens (including phenoxy) is 2. The summed E-state index contributed by atoms with van der Waals surface area (Å²) in [7, 11) is 1.96. The third-order valence-electron chi connectivity index (χ3n) is 4.95. The monoisotopic (exact) mass is 488 g/mol. The topological polar surface area (TPSA) is 80.4 Å². The molecule has 0 aliphatic rings. The van der Waals surface area contributed by atoms with E-state index in [9.17, 15) is 9.59 Å². The molecule has 1 aromatic heterocycles. The van der Waals surface area contributed by atoms with Crippen LogP contribution in [0.2, 0.25) is 5.02 Å². The van der Waals surface area contributed by atoms with E-state index in [1.54, 1.807) is 6.92 Å². The van der Waals surface area contributed by atoms with Crippen LogP contribution in [0.5, 0.6) is 5.75 Å². The Bertz CT molecular complexity index is 992. The van der Waals surface area contributed by atoms with Gasteiger partial charge in [0.25, 0.3) is 6.47 Å². The summed E-state index contributed by atoms with van der Waals surface area (Å²) >= 11 is 6.18. The van der Waals surface area contributed by atoms with E-state index < -0.39 is 0 Å². The molecule has 0 saturated heterocycles. The van der Waals surface area contributed by atoms with Gasteiger partial charge in [0, 0.05) is 15.9 Å². The third-order valence-corrected chi connectivity index (χ3v) is 5.55. The minimum absolute atomic E-state index is 0.431. The molecular weight excluding hydrogens is 452 g/mol. The van der Waals surface area contributed by atoms with Crippen LogP contribution in [-0.4, -0.2) is 44.5 Å². The first-order valence-corrected chi connectivity index (χ1v) is 11.9. The molecule has 0 spiro atoms. The highest BCUT2D eigenvalue weighted by Gasteiger charge is 2.10. The van der Waals surface area contributed by atoms with E-state index in [4.69, 9.17) is 16.3 Å². The summed E-state index contributed by atoms with van der Waals surface area (Å²) in [6.07, 6.45) is 3.76. The number of aromatic nitrogens is 1. The maximum absolute atomic E-state index is 11.3. The SMILES string of the molecule is CCCNC.CCOC=O.Cc1cc(OCCCc2c(C=O)[nH]c3ccccc23)cc(C)c1Cl. The number of hydrogen-bond acceptors (Lipinski definition) is 5. The van der Waals surface area contributed by atoms with Crippen LogP contribution in [0.3, 0.4) is 0 Å². The first-order chi connectivity index (χ1) is 16.4. The van der Waals surface area contributed by atoms with Crippen LogP contribution < -0.4 is 10.1 Å². The van der Waals surface area contributed by atoms with Gasteiger partial charge in [0.2, 0.25) is 0 Å². The second-order valence-corrected chi connectivity index (χ2v) is 8.04. The minimum Gasteiger partial charge on any atom is -0.494 e. The number of H-pyrrole nitrogens is 1. The number of aromatic amines is 1. The molecule has 0 fully saturated rings. The van der Waals surface area contributed by atoms with Gasteiger partial charge in [-0.3, -0.25) is 9.59 Å². The van der Waals surface area contributed by atoms with Crippen LogP contribution in [-0.2, 0) is 16.0 Å². The first kappa shape index (κ1) is 29.2. The third kappa shape index (κ3) is 9.57. The van der Waals surface area contributed by atoms with Crippen LogP contribution in [0.4, 0.5) is 0 Å². The van der Waals surface area contributed by atoms with Gasteiger partial charge in [0.1, 0.15) is 5.75 Å². The highest BCUT2D eigenvalue weighted by Crippen LogP contribution is 2.26. The van der Waals surface area contributed by atoms with Crippen LogP contribution in [0.1, 0.15) is 53.9 Å². The number of aldehydes is 1. The zero-order chi connectivity index (χ0) is 25.3. The maximum atomic E-state index is 11.3. The Balaban J connectivity index is 0.000000489. The lowest BCUT2D eigenvalue weighted by atomic mass is 10.1. The Morgan fingerprint density at radius 2 is 1.76 bits per heavy atom. The summed E-state index contributed by atoms with van der Waals surface area (Å²) in [5.41, 5.74) is 4.76. The molecule has 3 aromatic rings. The van der Waals surface area contributed by atoms with E-state index in [1.165, 1.54) is 6.42 Å².